The molecule has 20 heavy (non-hydrogen) atoms. The van der Waals surface area contributed by atoms with Crippen molar-refractivity contribution in [3.63, 3.8) is 0 Å². The Morgan fingerprint density at radius 1 is 1.20 bits per heavy atom. The molecule has 0 N–H and O–H groups in total. The van der Waals surface area contributed by atoms with Crippen molar-refractivity contribution in [3.8, 4) is 0 Å². The third kappa shape index (κ3) is 1.66. The van der Waals surface area contributed by atoms with Crippen LogP contribution < -0.4 is 0 Å². The van der Waals surface area contributed by atoms with Gasteiger partial charge in [0.25, 0.3) is 0 Å². The Bertz CT molecular complexity index is 541. The van der Waals surface area contributed by atoms with E-state index in [9.17, 15) is 0 Å². The highest BCUT2D eigenvalue weighted by atomic mass is 14.5. The molecule has 0 aromatic heterocycles. The molecule has 106 valence electrons. The van der Waals surface area contributed by atoms with E-state index in [1.807, 2.05) is 0 Å². The van der Waals surface area contributed by atoms with Gasteiger partial charge in [0.1, 0.15) is 0 Å². The number of hydrogen-bond acceptors (Lipinski definition) is 0. The Hall–Kier alpha value is -1.04. The van der Waals surface area contributed by atoms with E-state index >= 15 is 0 Å². The van der Waals surface area contributed by atoms with Crippen molar-refractivity contribution in [1.82, 2.24) is 0 Å². The van der Waals surface area contributed by atoms with Crippen LogP contribution in [0.15, 0.2) is 24.8 Å². The highest BCUT2D eigenvalue weighted by Gasteiger charge is 2.50. The first-order valence-corrected chi connectivity index (χ1v) is 8.47. The molecule has 1 aromatic rings. The summed E-state index contributed by atoms with van der Waals surface area (Å²) in [6.45, 7) is 6.59. The monoisotopic (exact) mass is 266 g/mol. The third-order valence-electron chi connectivity index (χ3n) is 6.81. The minimum atomic E-state index is 0.675. The van der Waals surface area contributed by atoms with Gasteiger partial charge in [0, 0.05) is 0 Å². The molecule has 2 saturated carbocycles. The van der Waals surface area contributed by atoms with Gasteiger partial charge in [-0.25, -0.2) is 0 Å². The maximum absolute atomic E-state index is 4.01. The Morgan fingerprint density at radius 2 is 2.10 bits per heavy atom. The van der Waals surface area contributed by atoms with Crippen LogP contribution in [-0.2, 0) is 6.42 Å². The zero-order chi connectivity index (χ0) is 13.7. The van der Waals surface area contributed by atoms with E-state index in [2.05, 4.69) is 37.8 Å². The second-order valence-electron chi connectivity index (χ2n) is 7.62. The van der Waals surface area contributed by atoms with Gasteiger partial charge < -0.3 is 0 Å². The van der Waals surface area contributed by atoms with Crippen LogP contribution in [0, 0.1) is 17.3 Å². The van der Waals surface area contributed by atoms with Gasteiger partial charge in [-0.15, -0.1) is 0 Å². The van der Waals surface area contributed by atoms with Gasteiger partial charge in [0.2, 0.25) is 0 Å². The van der Waals surface area contributed by atoms with E-state index in [4.69, 9.17) is 0 Å². The number of benzene rings is 1. The molecular formula is C20H26. The predicted molar refractivity (Wildman–Crippen MR) is 85.8 cm³/mol. The molecule has 3 aliphatic carbocycles. The maximum Gasteiger partial charge on any atom is -0.0128 e. The van der Waals surface area contributed by atoms with Crippen molar-refractivity contribution in [3.05, 3.63) is 41.5 Å². The summed E-state index contributed by atoms with van der Waals surface area (Å²) in [5.74, 6) is 2.81. The molecule has 1 aromatic carbocycles. The summed E-state index contributed by atoms with van der Waals surface area (Å²) in [6, 6.07) is 6.91. The average molecular weight is 266 g/mol. The van der Waals surface area contributed by atoms with Crippen LogP contribution in [0.25, 0.3) is 6.08 Å². The lowest BCUT2D eigenvalue weighted by Crippen LogP contribution is -2.39. The largest absolute Gasteiger partial charge is 0.0985 e. The van der Waals surface area contributed by atoms with Crippen molar-refractivity contribution in [2.24, 2.45) is 17.3 Å². The molecular weight excluding hydrogens is 240 g/mol. The molecule has 3 aliphatic rings. The first-order chi connectivity index (χ1) is 9.73. The van der Waals surface area contributed by atoms with Crippen LogP contribution in [0.5, 0.6) is 0 Å². The molecule has 0 amide bonds. The summed E-state index contributed by atoms with van der Waals surface area (Å²) >= 11 is 0. The van der Waals surface area contributed by atoms with E-state index < -0.39 is 0 Å². The Balaban J connectivity index is 1.75. The van der Waals surface area contributed by atoms with Gasteiger partial charge in [-0.05, 0) is 78.4 Å². The fraction of sp³-hybridized carbons (Fsp3) is 0.600. The minimum absolute atomic E-state index is 0.675. The molecule has 0 heteroatoms. The summed E-state index contributed by atoms with van der Waals surface area (Å²) < 4.78 is 0. The maximum atomic E-state index is 4.01. The molecule has 0 nitrogen and oxygen atoms in total. The van der Waals surface area contributed by atoms with Crippen LogP contribution in [0.4, 0.5) is 0 Å². The third-order valence-corrected chi connectivity index (χ3v) is 6.81. The molecule has 4 rings (SSSR count). The van der Waals surface area contributed by atoms with Crippen molar-refractivity contribution < 1.29 is 0 Å². The van der Waals surface area contributed by atoms with Crippen molar-refractivity contribution in [1.29, 1.82) is 0 Å². The van der Waals surface area contributed by atoms with Gasteiger partial charge in [0.05, 0.1) is 0 Å². The molecule has 0 bridgehead atoms. The van der Waals surface area contributed by atoms with E-state index in [1.165, 1.54) is 50.5 Å². The van der Waals surface area contributed by atoms with Gasteiger partial charge in [-0.1, -0.05) is 44.2 Å². The molecule has 0 spiro atoms. The molecule has 0 heterocycles. The second kappa shape index (κ2) is 4.48. The van der Waals surface area contributed by atoms with Crippen LogP contribution in [-0.4, -0.2) is 0 Å². The van der Waals surface area contributed by atoms with Crippen LogP contribution in [0.2, 0.25) is 0 Å². The molecule has 0 saturated heterocycles. The van der Waals surface area contributed by atoms with Gasteiger partial charge in [-0.2, -0.15) is 0 Å². The molecule has 4 unspecified atom stereocenters. The number of rotatable bonds is 1. The Morgan fingerprint density at radius 3 is 2.95 bits per heavy atom. The number of hydrogen-bond donors (Lipinski definition) is 0. The van der Waals surface area contributed by atoms with Gasteiger partial charge in [-0.3, -0.25) is 0 Å². The Kier molecular flexibility index (Phi) is 2.84. The topological polar surface area (TPSA) is 0 Å². The van der Waals surface area contributed by atoms with Crippen LogP contribution >= 0.6 is 0 Å². The molecule has 4 atom stereocenters. The molecule has 0 aliphatic heterocycles. The second-order valence-corrected chi connectivity index (χ2v) is 7.62. The summed E-state index contributed by atoms with van der Waals surface area (Å²) in [5, 5.41) is 0. The fourth-order valence-electron chi connectivity index (χ4n) is 5.83. The zero-order valence-electron chi connectivity index (χ0n) is 12.7. The SMILES string of the molecule is C=Cc1cccc2c1CCC1C2CCC2(C)CCCC12. The zero-order valence-corrected chi connectivity index (χ0v) is 12.7. The molecule has 2 fully saturated rings. The molecule has 0 radical (unpaired) electrons. The van der Waals surface area contributed by atoms with Gasteiger partial charge >= 0.3 is 0 Å². The first-order valence-electron chi connectivity index (χ1n) is 8.47. The lowest BCUT2D eigenvalue weighted by molar-refractivity contribution is 0.0598. The lowest BCUT2D eigenvalue weighted by atomic mass is 9.55. The van der Waals surface area contributed by atoms with Crippen molar-refractivity contribution >= 4 is 6.08 Å². The van der Waals surface area contributed by atoms with Crippen LogP contribution in [0.3, 0.4) is 0 Å². The lowest BCUT2D eigenvalue weighted by Gasteiger charge is -2.49. The smallest absolute Gasteiger partial charge is 0.0128 e. The van der Waals surface area contributed by atoms with E-state index in [1.54, 1.807) is 11.1 Å². The van der Waals surface area contributed by atoms with Crippen LogP contribution in [0.1, 0.15) is 68.1 Å². The normalized spacial score (nSPS) is 38.8. The number of fused-ring (bicyclic) bond motifs is 5. The summed E-state index contributed by atoms with van der Waals surface area (Å²) in [7, 11) is 0. The quantitative estimate of drug-likeness (QED) is 0.623. The van der Waals surface area contributed by atoms with Crippen molar-refractivity contribution in [2.75, 3.05) is 0 Å². The van der Waals surface area contributed by atoms with E-state index in [0.29, 0.717) is 5.41 Å². The van der Waals surface area contributed by atoms with E-state index in [0.717, 1.165) is 17.8 Å². The average Bonchev–Trinajstić information content (AvgIpc) is 2.88. The first kappa shape index (κ1) is 12.7. The predicted octanol–water partition coefficient (Wildman–Crippen LogP) is 5.58. The highest BCUT2D eigenvalue weighted by molar-refractivity contribution is 5.56. The van der Waals surface area contributed by atoms with Crippen molar-refractivity contribution in [2.45, 2.75) is 57.8 Å². The minimum Gasteiger partial charge on any atom is -0.0985 e. The van der Waals surface area contributed by atoms with E-state index in [-0.39, 0.29) is 0 Å². The summed E-state index contributed by atoms with van der Waals surface area (Å²) in [6.07, 6.45) is 12.1. The summed E-state index contributed by atoms with van der Waals surface area (Å²) in [4.78, 5) is 0. The van der Waals surface area contributed by atoms with Gasteiger partial charge in [0.15, 0.2) is 0 Å². The standard InChI is InChI=1S/C20H26/c1-3-14-6-4-7-16-15(14)9-10-18-17(16)11-13-20(2)12-5-8-19(18)20/h3-4,6-7,17-19H,1,5,8-13H2,2H3. The Labute approximate surface area is 123 Å². The fourth-order valence-corrected chi connectivity index (χ4v) is 5.83. The summed E-state index contributed by atoms with van der Waals surface area (Å²) in [5.41, 5.74) is 5.35. The highest BCUT2D eigenvalue weighted by Crippen LogP contribution is 2.60.